The van der Waals surface area contributed by atoms with Crippen LogP contribution >= 0.6 is 0 Å². The molecule has 2 aromatic rings. The Bertz CT molecular complexity index is 601. The van der Waals surface area contributed by atoms with E-state index in [-0.39, 0.29) is 0 Å². The van der Waals surface area contributed by atoms with Crippen LogP contribution in [0.3, 0.4) is 0 Å². The van der Waals surface area contributed by atoms with E-state index in [4.69, 9.17) is 10.5 Å². The average Bonchev–Trinajstić information content (AvgIpc) is 2.82. The fourth-order valence-electron chi connectivity index (χ4n) is 3.32. The van der Waals surface area contributed by atoms with Crippen LogP contribution < -0.4 is 10.5 Å². The molecule has 0 spiro atoms. The van der Waals surface area contributed by atoms with Gasteiger partial charge in [-0.2, -0.15) is 4.98 Å². The molecule has 1 aliphatic rings. The summed E-state index contributed by atoms with van der Waals surface area (Å²) >= 11 is 0. The molecule has 2 N–H and O–H groups in total. The number of methoxy groups -OCH3 is 1. The Morgan fingerprint density at radius 3 is 2.70 bits per heavy atom. The Hall–Kier alpha value is -1.78. The van der Waals surface area contributed by atoms with Crippen LogP contribution in [-0.4, -0.2) is 21.6 Å². The third-order valence-corrected chi connectivity index (χ3v) is 4.49. The van der Waals surface area contributed by atoms with Crippen LogP contribution in [0, 0.1) is 5.92 Å². The molecule has 0 radical (unpaired) electrons. The highest BCUT2D eigenvalue weighted by molar-refractivity contribution is 5.75. The van der Waals surface area contributed by atoms with Gasteiger partial charge in [0.2, 0.25) is 11.8 Å². The van der Waals surface area contributed by atoms with Gasteiger partial charge in [0.05, 0.1) is 7.11 Å². The monoisotopic (exact) mass is 274 g/mol. The molecule has 1 aliphatic carbocycles. The van der Waals surface area contributed by atoms with E-state index >= 15 is 0 Å². The summed E-state index contributed by atoms with van der Waals surface area (Å²) in [6, 6.07) is 4.08. The summed E-state index contributed by atoms with van der Waals surface area (Å²) in [4.78, 5) is 8.96. The Balaban J connectivity index is 2.02. The number of aromatic nitrogens is 3. The molecule has 0 aromatic carbocycles. The Labute approximate surface area is 119 Å². The van der Waals surface area contributed by atoms with Gasteiger partial charge in [-0.15, -0.1) is 0 Å². The van der Waals surface area contributed by atoms with Gasteiger partial charge in [-0.3, -0.25) is 4.57 Å². The lowest BCUT2D eigenvalue weighted by Crippen LogP contribution is -2.21. The number of nitrogens with zero attached hydrogens (tertiary/aromatic N) is 3. The van der Waals surface area contributed by atoms with E-state index in [9.17, 15) is 0 Å². The minimum atomic E-state index is 0.333. The van der Waals surface area contributed by atoms with Gasteiger partial charge in [-0.25, -0.2) is 4.98 Å². The van der Waals surface area contributed by atoms with Gasteiger partial charge >= 0.3 is 0 Å². The summed E-state index contributed by atoms with van der Waals surface area (Å²) in [6.07, 6.45) is 6.53. The minimum absolute atomic E-state index is 0.333. The van der Waals surface area contributed by atoms with Gasteiger partial charge in [0, 0.05) is 12.1 Å². The third-order valence-electron chi connectivity index (χ3n) is 4.49. The Kier molecular flexibility index (Phi) is 3.51. The van der Waals surface area contributed by atoms with Crippen LogP contribution in [0.15, 0.2) is 12.1 Å². The molecule has 3 rings (SSSR count). The number of nitrogens with two attached hydrogens (primary N) is 1. The summed E-state index contributed by atoms with van der Waals surface area (Å²) in [5, 5.41) is 0. The maximum Gasteiger partial charge on any atom is 0.215 e. The standard InChI is InChI=1S/C15H22N4O/c1-10(11-6-4-3-5-7-11)19-14-12(17-15(19)16)8-9-13(18-14)20-2/h8-11H,3-7H2,1-2H3,(H2,16,17). The maximum absolute atomic E-state index is 6.12. The van der Waals surface area contributed by atoms with E-state index in [1.165, 1.54) is 32.1 Å². The van der Waals surface area contributed by atoms with E-state index in [0.717, 1.165) is 11.2 Å². The van der Waals surface area contributed by atoms with Crippen molar-refractivity contribution in [3.05, 3.63) is 12.1 Å². The molecular formula is C15H22N4O. The van der Waals surface area contributed by atoms with Crippen molar-refractivity contribution >= 4 is 17.1 Å². The highest BCUT2D eigenvalue weighted by Gasteiger charge is 2.25. The molecule has 0 amide bonds. The molecule has 2 heterocycles. The van der Waals surface area contributed by atoms with Crippen molar-refractivity contribution < 1.29 is 4.74 Å². The molecule has 108 valence electrons. The highest BCUT2D eigenvalue weighted by atomic mass is 16.5. The molecule has 2 aromatic heterocycles. The zero-order valence-corrected chi connectivity index (χ0v) is 12.2. The lowest BCUT2D eigenvalue weighted by atomic mass is 9.84. The minimum Gasteiger partial charge on any atom is -0.481 e. The molecule has 0 bridgehead atoms. The maximum atomic E-state index is 6.12. The number of ether oxygens (including phenoxy) is 1. The largest absolute Gasteiger partial charge is 0.481 e. The summed E-state index contributed by atoms with van der Waals surface area (Å²) in [6.45, 7) is 2.23. The predicted octanol–water partition coefficient (Wildman–Crippen LogP) is 3.16. The van der Waals surface area contributed by atoms with Gasteiger partial charge in [-0.05, 0) is 31.7 Å². The van der Waals surface area contributed by atoms with E-state index < -0.39 is 0 Å². The van der Waals surface area contributed by atoms with Gasteiger partial charge in [0.1, 0.15) is 5.52 Å². The van der Waals surface area contributed by atoms with Crippen LogP contribution in [-0.2, 0) is 0 Å². The molecule has 1 unspecified atom stereocenters. The lowest BCUT2D eigenvalue weighted by Gasteiger charge is -2.29. The van der Waals surface area contributed by atoms with Crippen molar-refractivity contribution in [3.63, 3.8) is 0 Å². The predicted molar refractivity (Wildman–Crippen MR) is 79.8 cm³/mol. The fourth-order valence-corrected chi connectivity index (χ4v) is 3.32. The number of imidazole rings is 1. The molecule has 20 heavy (non-hydrogen) atoms. The fraction of sp³-hybridized carbons (Fsp3) is 0.600. The van der Waals surface area contributed by atoms with Crippen LogP contribution in [0.5, 0.6) is 5.88 Å². The molecule has 5 heteroatoms. The van der Waals surface area contributed by atoms with Crippen LogP contribution in [0.2, 0.25) is 0 Å². The van der Waals surface area contributed by atoms with Crippen molar-refractivity contribution in [2.24, 2.45) is 5.92 Å². The van der Waals surface area contributed by atoms with E-state index in [2.05, 4.69) is 21.5 Å². The summed E-state index contributed by atoms with van der Waals surface area (Å²) in [5.41, 5.74) is 7.80. The number of pyridine rings is 1. The SMILES string of the molecule is COc1ccc2nc(N)n(C(C)C3CCCCC3)c2n1. The van der Waals surface area contributed by atoms with Gasteiger partial charge < -0.3 is 10.5 Å². The molecule has 1 fully saturated rings. The number of hydrogen-bond donors (Lipinski definition) is 1. The molecule has 1 saturated carbocycles. The molecule has 5 nitrogen and oxygen atoms in total. The van der Waals surface area contributed by atoms with Crippen molar-refractivity contribution in [1.82, 2.24) is 14.5 Å². The summed E-state index contributed by atoms with van der Waals surface area (Å²) in [7, 11) is 1.63. The number of hydrogen-bond acceptors (Lipinski definition) is 4. The first-order chi connectivity index (χ1) is 9.70. The van der Waals surface area contributed by atoms with Gasteiger partial charge in [0.25, 0.3) is 0 Å². The van der Waals surface area contributed by atoms with Crippen LogP contribution in [0.25, 0.3) is 11.2 Å². The number of anilines is 1. The van der Waals surface area contributed by atoms with E-state index in [1.54, 1.807) is 7.11 Å². The summed E-state index contributed by atoms with van der Waals surface area (Å²) < 4.78 is 7.30. The molecule has 0 saturated heterocycles. The highest BCUT2D eigenvalue weighted by Crippen LogP contribution is 2.35. The van der Waals surface area contributed by atoms with Crippen molar-refractivity contribution in [2.75, 3.05) is 12.8 Å². The average molecular weight is 274 g/mol. The quantitative estimate of drug-likeness (QED) is 0.933. The van der Waals surface area contributed by atoms with Crippen LogP contribution in [0.4, 0.5) is 5.95 Å². The second kappa shape index (κ2) is 5.31. The molecular weight excluding hydrogens is 252 g/mol. The Morgan fingerprint density at radius 1 is 1.25 bits per heavy atom. The first kappa shape index (κ1) is 13.2. The topological polar surface area (TPSA) is 66.0 Å². The van der Waals surface area contributed by atoms with Gasteiger partial charge in [-0.1, -0.05) is 19.3 Å². The second-order valence-corrected chi connectivity index (χ2v) is 5.68. The first-order valence-corrected chi connectivity index (χ1v) is 7.39. The number of nitrogen functional groups attached to an aromatic ring is 1. The van der Waals surface area contributed by atoms with Gasteiger partial charge in [0.15, 0.2) is 5.65 Å². The van der Waals surface area contributed by atoms with Crippen molar-refractivity contribution in [3.8, 4) is 5.88 Å². The first-order valence-electron chi connectivity index (χ1n) is 7.39. The third kappa shape index (κ3) is 2.21. The normalized spacial score (nSPS) is 18.3. The smallest absolute Gasteiger partial charge is 0.215 e. The van der Waals surface area contributed by atoms with Crippen molar-refractivity contribution in [1.29, 1.82) is 0 Å². The zero-order valence-electron chi connectivity index (χ0n) is 12.2. The number of rotatable bonds is 3. The summed E-state index contributed by atoms with van der Waals surface area (Å²) in [5.74, 6) is 1.82. The van der Waals surface area contributed by atoms with Crippen molar-refractivity contribution in [2.45, 2.75) is 45.1 Å². The number of fused-ring (bicyclic) bond motifs is 1. The Morgan fingerprint density at radius 2 is 2.00 bits per heavy atom. The van der Waals surface area contributed by atoms with Crippen LogP contribution in [0.1, 0.15) is 45.1 Å². The lowest BCUT2D eigenvalue weighted by molar-refractivity contribution is 0.268. The van der Waals surface area contributed by atoms with E-state index in [1.807, 2.05) is 12.1 Å². The molecule has 1 atom stereocenters. The second-order valence-electron chi connectivity index (χ2n) is 5.68. The van der Waals surface area contributed by atoms with E-state index in [0.29, 0.717) is 23.8 Å². The molecule has 0 aliphatic heterocycles. The zero-order chi connectivity index (χ0) is 14.1.